The second kappa shape index (κ2) is 5.13. The van der Waals surface area contributed by atoms with Crippen LogP contribution in [0.4, 0.5) is 5.82 Å². The zero-order valence-corrected chi connectivity index (χ0v) is 12.5. The first-order chi connectivity index (χ1) is 10.1. The van der Waals surface area contributed by atoms with Gasteiger partial charge in [-0.2, -0.15) is 0 Å². The van der Waals surface area contributed by atoms with Crippen LogP contribution in [0.15, 0.2) is 42.6 Å². The van der Waals surface area contributed by atoms with Gasteiger partial charge in [0.05, 0.1) is 7.11 Å². The quantitative estimate of drug-likeness (QED) is 0.796. The van der Waals surface area contributed by atoms with Gasteiger partial charge >= 0.3 is 0 Å². The Kier molecular flexibility index (Phi) is 3.29. The molecule has 0 amide bonds. The highest BCUT2D eigenvalue weighted by Crippen LogP contribution is 2.30. The van der Waals surface area contributed by atoms with Gasteiger partial charge in [-0.25, -0.2) is 4.98 Å². The topological polar surface area (TPSA) is 52.5 Å². The molecule has 0 atom stereocenters. The summed E-state index contributed by atoms with van der Waals surface area (Å²) in [5.41, 5.74) is 10.1. The SMILES string of the molecule is COc1cccn2c(N)c(-c3ccc(C(C)C)cc3)nc12. The number of hydrogen-bond acceptors (Lipinski definition) is 3. The Morgan fingerprint density at radius 1 is 1.14 bits per heavy atom. The highest BCUT2D eigenvalue weighted by molar-refractivity contribution is 5.77. The van der Waals surface area contributed by atoms with Crippen molar-refractivity contribution in [2.24, 2.45) is 0 Å². The van der Waals surface area contributed by atoms with Crippen LogP contribution in [0.25, 0.3) is 16.9 Å². The lowest BCUT2D eigenvalue weighted by Gasteiger charge is -2.06. The van der Waals surface area contributed by atoms with E-state index in [2.05, 4.69) is 43.1 Å². The van der Waals surface area contributed by atoms with E-state index in [-0.39, 0.29) is 0 Å². The molecule has 0 fully saturated rings. The molecule has 4 heteroatoms. The van der Waals surface area contributed by atoms with E-state index >= 15 is 0 Å². The van der Waals surface area contributed by atoms with Gasteiger partial charge in [0.25, 0.3) is 0 Å². The molecule has 3 aromatic rings. The van der Waals surface area contributed by atoms with Crippen LogP contribution in [0.2, 0.25) is 0 Å². The average molecular weight is 281 g/mol. The summed E-state index contributed by atoms with van der Waals surface area (Å²) >= 11 is 0. The molecular weight excluding hydrogens is 262 g/mol. The van der Waals surface area contributed by atoms with Crippen molar-refractivity contribution < 1.29 is 4.74 Å². The molecule has 108 valence electrons. The van der Waals surface area contributed by atoms with E-state index in [0.29, 0.717) is 17.5 Å². The minimum absolute atomic E-state index is 0.512. The van der Waals surface area contributed by atoms with E-state index in [1.54, 1.807) is 7.11 Å². The normalized spacial score (nSPS) is 11.2. The van der Waals surface area contributed by atoms with Crippen molar-refractivity contribution in [3.05, 3.63) is 48.2 Å². The predicted octanol–water partition coefficient (Wildman–Crippen LogP) is 3.72. The van der Waals surface area contributed by atoms with Gasteiger partial charge in [-0.3, -0.25) is 4.40 Å². The van der Waals surface area contributed by atoms with Crippen LogP contribution in [0.3, 0.4) is 0 Å². The largest absolute Gasteiger partial charge is 0.493 e. The first-order valence-electron chi connectivity index (χ1n) is 7.02. The Morgan fingerprint density at radius 3 is 2.48 bits per heavy atom. The standard InChI is InChI=1S/C17H19N3O/c1-11(2)12-6-8-13(9-7-12)15-16(18)20-10-4-5-14(21-3)17(20)19-15/h4-11H,18H2,1-3H3. The van der Waals surface area contributed by atoms with E-state index in [0.717, 1.165) is 16.9 Å². The Bertz CT molecular complexity index is 773. The fraction of sp³-hybridized carbons (Fsp3) is 0.235. The molecule has 0 aliphatic heterocycles. The molecule has 0 bridgehead atoms. The van der Waals surface area contributed by atoms with E-state index in [1.165, 1.54) is 5.56 Å². The van der Waals surface area contributed by atoms with Gasteiger partial charge in [-0.15, -0.1) is 0 Å². The van der Waals surface area contributed by atoms with Crippen molar-refractivity contribution in [3.63, 3.8) is 0 Å². The number of methoxy groups -OCH3 is 1. The number of nitrogen functional groups attached to an aromatic ring is 1. The van der Waals surface area contributed by atoms with Crippen LogP contribution in [0, 0.1) is 0 Å². The minimum Gasteiger partial charge on any atom is -0.493 e. The molecule has 4 nitrogen and oxygen atoms in total. The number of nitrogens with two attached hydrogens (primary N) is 1. The summed E-state index contributed by atoms with van der Waals surface area (Å²) in [6.07, 6.45) is 1.90. The third-order valence-electron chi connectivity index (χ3n) is 3.72. The number of imidazole rings is 1. The summed E-state index contributed by atoms with van der Waals surface area (Å²) in [5, 5.41) is 0. The molecule has 0 aliphatic carbocycles. The van der Waals surface area contributed by atoms with Crippen LogP contribution in [-0.2, 0) is 0 Å². The van der Waals surface area contributed by atoms with Gasteiger partial charge in [0.2, 0.25) is 0 Å². The zero-order chi connectivity index (χ0) is 15.0. The molecule has 21 heavy (non-hydrogen) atoms. The Morgan fingerprint density at radius 2 is 1.86 bits per heavy atom. The molecule has 0 unspecified atom stereocenters. The summed E-state index contributed by atoms with van der Waals surface area (Å²) in [4.78, 5) is 4.64. The van der Waals surface area contributed by atoms with Gasteiger partial charge in [0, 0.05) is 11.8 Å². The summed E-state index contributed by atoms with van der Waals surface area (Å²) in [5.74, 6) is 1.85. The van der Waals surface area contributed by atoms with Crippen LogP contribution in [-0.4, -0.2) is 16.5 Å². The van der Waals surface area contributed by atoms with E-state index < -0.39 is 0 Å². The number of aromatic nitrogens is 2. The summed E-state index contributed by atoms with van der Waals surface area (Å²) < 4.78 is 7.20. The lowest BCUT2D eigenvalue weighted by molar-refractivity contribution is 0.417. The summed E-state index contributed by atoms with van der Waals surface area (Å²) in [6, 6.07) is 12.2. The number of pyridine rings is 1. The van der Waals surface area contributed by atoms with Gasteiger partial charge < -0.3 is 10.5 Å². The average Bonchev–Trinajstić information content (AvgIpc) is 2.85. The summed E-state index contributed by atoms with van der Waals surface area (Å²) in [6.45, 7) is 4.36. The lowest BCUT2D eigenvalue weighted by atomic mass is 10.0. The number of rotatable bonds is 3. The van der Waals surface area contributed by atoms with Crippen LogP contribution < -0.4 is 10.5 Å². The fourth-order valence-electron chi connectivity index (χ4n) is 2.46. The maximum Gasteiger partial charge on any atom is 0.181 e. The maximum atomic E-state index is 6.24. The molecule has 1 aromatic carbocycles. The summed E-state index contributed by atoms with van der Waals surface area (Å²) in [7, 11) is 1.64. The van der Waals surface area contributed by atoms with Crippen molar-refractivity contribution in [2.45, 2.75) is 19.8 Å². The highest BCUT2D eigenvalue weighted by atomic mass is 16.5. The lowest BCUT2D eigenvalue weighted by Crippen LogP contribution is -1.95. The third-order valence-corrected chi connectivity index (χ3v) is 3.72. The third kappa shape index (κ3) is 2.23. The van der Waals surface area contributed by atoms with Crippen LogP contribution in [0.5, 0.6) is 5.75 Å². The van der Waals surface area contributed by atoms with Gasteiger partial charge in [-0.1, -0.05) is 38.1 Å². The molecule has 0 saturated carbocycles. The predicted molar refractivity (Wildman–Crippen MR) is 85.7 cm³/mol. The molecule has 0 spiro atoms. The molecule has 0 saturated heterocycles. The Labute approximate surface area is 124 Å². The molecule has 0 aliphatic rings. The van der Waals surface area contributed by atoms with E-state index in [4.69, 9.17) is 10.5 Å². The van der Waals surface area contributed by atoms with Gasteiger partial charge in [-0.05, 0) is 23.6 Å². The second-order valence-electron chi connectivity index (χ2n) is 5.39. The van der Waals surface area contributed by atoms with E-state index in [1.807, 2.05) is 22.7 Å². The molecule has 2 N–H and O–H groups in total. The molecule has 3 rings (SSSR count). The van der Waals surface area contributed by atoms with Crippen molar-refractivity contribution in [1.82, 2.24) is 9.38 Å². The van der Waals surface area contributed by atoms with Crippen molar-refractivity contribution in [2.75, 3.05) is 12.8 Å². The highest BCUT2D eigenvalue weighted by Gasteiger charge is 2.14. The van der Waals surface area contributed by atoms with Crippen LogP contribution in [0.1, 0.15) is 25.3 Å². The van der Waals surface area contributed by atoms with E-state index in [9.17, 15) is 0 Å². The number of anilines is 1. The number of hydrogen-bond donors (Lipinski definition) is 1. The number of ether oxygens (including phenoxy) is 1. The first kappa shape index (κ1) is 13.5. The maximum absolute atomic E-state index is 6.24. The fourth-order valence-corrected chi connectivity index (χ4v) is 2.46. The van der Waals surface area contributed by atoms with Gasteiger partial charge in [0.15, 0.2) is 11.4 Å². The van der Waals surface area contributed by atoms with Crippen molar-refractivity contribution in [1.29, 1.82) is 0 Å². The van der Waals surface area contributed by atoms with Crippen LogP contribution >= 0.6 is 0 Å². The minimum atomic E-state index is 0.512. The zero-order valence-electron chi connectivity index (χ0n) is 12.5. The monoisotopic (exact) mass is 281 g/mol. The first-order valence-corrected chi connectivity index (χ1v) is 7.02. The van der Waals surface area contributed by atoms with Crippen molar-refractivity contribution >= 4 is 11.5 Å². The smallest absolute Gasteiger partial charge is 0.181 e. The molecular formula is C17H19N3O. The molecule has 2 heterocycles. The number of nitrogens with zero attached hydrogens (tertiary/aromatic N) is 2. The Balaban J connectivity index is 2.14. The molecule has 2 aromatic heterocycles. The second-order valence-corrected chi connectivity index (χ2v) is 5.39. The number of benzene rings is 1. The van der Waals surface area contributed by atoms with Gasteiger partial charge in [0.1, 0.15) is 11.5 Å². The van der Waals surface area contributed by atoms with Crippen molar-refractivity contribution in [3.8, 4) is 17.0 Å². The molecule has 0 radical (unpaired) electrons. The Hall–Kier alpha value is -2.49. The number of fused-ring (bicyclic) bond motifs is 1.